The Morgan fingerprint density at radius 2 is 1.74 bits per heavy atom. The Morgan fingerprint density at radius 3 is 2.33 bits per heavy atom. The van der Waals surface area contributed by atoms with Crippen LogP contribution in [0.5, 0.6) is 6.01 Å². The van der Waals surface area contributed by atoms with Gasteiger partial charge in [-0.25, -0.2) is 22.7 Å². The Kier molecular flexibility index (Phi) is 6.00. The maximum Gasteiger partial charge on any atom is 0.317 e. The van der Waals surface area contributed by atoms with Crippen molar-refractivity contribution in [1.82, 2.24) is 19.2 Å². The lowest BCUT2D eigenvalue weighted by atomic mass is 9.95. The zero-order valence-corrected chi connectivity index (χ0v) is 17.0. The SMILES string of the molecule is Cc1cc(C)nc(OC2CCCN(C(=O)C3CCN(S(C)(=O)=O)CC3)C2)n1. The molecule has 1 atom stereocenters. The van der Waals surface area contributed by atoms with E-state index in [1.807, 2.05) is 24.8 Å². The van der Waals surface area contributed by atoms with Gasteiger partial charge in [0.2, 0.25) is 15.9 Å². The van der Waals surface area contributed by atoms with Crippen LogP contribution in [0.3, 0.4) is 0 Å². The molecule has 1 unspecified atom stereocenters. The summed E-state index contributed by atoms with van der Waals surface area (Å²) in [6.45, 7) is 5.89. The molecule has 0 saturated carbocycles. The second-order valence-electron chi connectivity index (χ2n) is 7.54. The first kappa shape index (κ1) is 20.0. The number of nitrogens with zero attached hydrogens (tertiary/aromatic N) is 4. The first-order valence-electron chi connectivity index (χ1n) is 9.45. The number of piperidine rings is 2. The highest BCUT2D eigenvalue weighted by Crippen LogP contribution is 2.24. The van der Waals surface area contributed by atoms with Crippen LogP contribution < -0.4 is 4.74 Å². The van der Waals surface area contributed by atoms with Crippen molar-refractivity contribution in [3.8, 4) is 6.01 Å². The van der Waals surface area contributed by atoms with Crippen LogP contribution in [0.15, 0.2) is 6.07 Å². The Hall–Kier alpha value is -1.74. The van der Waals surface area contributed by atoms with Gasteiger partial charge in [-0.15, -0.1) is 0 Å². The number of ether oxygens (including phenoxy) is 1. The van der Waals surface area contributed by atoms with Gasteiger partial charge in [0.1, 0.15) is 6.10 Å². The van der Waals surface area contributed by atoms with Crippen molar-refractivity contribution < 1.29 is 17.9 Å². The van der Waals surface area contributed by atoms with Gasteiger partial charge in [0.15, 0.2) is 0 Å². The predicted octanol–water partition coefficient (Wildman–Crippen LogP) is 1.13. The zero-order chi connectivity index (χ0) is 19.6. The largest absolute Gasteiger partial charge is 0.458 e. The maximum atomic E-state index is 12.9. The van der Waals surface area contributed by atoms with Crippen LogP contribution in [0.2, 0.25) is 0 Å². The number of aryl methyl sites for hydroxylation is 2. The number of hydrogen-bond acceptors (Lipinski definition) is 6. The van der Waals surface area contributed by atoms with Crippen molar-refractivity contribution in [3.63, 3.8) is 0 Å². The number of carbonyl (C=O) groups is 1. The summed E-state index contributed by atoms with van der Waals surface area (Å²) in [5.41, 5.74) is 1.72. The Balaban J connectivity index is 1.57. The molecule has 150 valence electrons. The van der Waals surface area contributed by atoms with Crippen molar-refractivity contribution in [3.05, 3.63) is 17.5 Å². The van der Waals surface area contributed by atoms with E-state index < -0.39 is 10.0 Å². The number of hydrogen-bond donors (Lipinski definition) is 0. The molecule has 27 heavy (non-hydrogen) atoms. The lowest BCUT2D eigenvalue weighted by Gasteiger charge is -2.37. The van der Waals surface area contributed by atoms with Crippen LogP contribution in [0.1, 0.15) is 37.1 Å². The van der Waals surface area contributed by atoms with Gasteiger partial charge in [0, 0.05) is 36.9 Å². The Bertz CT molecular complexity index is 770. The summed E-state index contributed by atoms with van der Waals surface area (Å²) in [6.07, 6.45) is 4.01. The molecule has 3 heterocycles. The van der Waals surface area contributed by atoms with Gasteiger partial charge < -0.3 is 9.64 Å². The standard InChI is InChI=1S/C18H28N4O4S/c1-13-11-14(2)20-18(19-13)26-16-5-4-8-21(12-16)17(23)15-6-9-22(10-7-15)27(3,24)25/h11,15-16H,4-10,12H2,1-3H3. The molecule has 1 amide bonds. The van der Waals surface area contributed by atoms with Crippen LogP contribution in [0.25, 0.3) is 0 Å². The van der Waals surface area contributed by atoms with Gasteiger partial charge in [0.05, 0.1) is 12.8 Å². The van der Waals surface area contributed by atoms with Gasteiger partial charge in [-0.1, -0.05) is 0 Å². The van der Waals surface area contributed by atoms with Crippen molar-refractivity contribution in [2.24, 2.45) is 5.92 Å². The van der Waals surface area contributed by atoms with Crippen LogP contribution in [-0.4, -0.2) is 72.0 Å². The average molecular weight is 397 g/mol. The summed E-state index contributed by atoms with van der Waals surface area (Å²) in [5.74, 6) is -0.00277. The number of carbonyl (C=O) groups excluding carboxylic acids is 1. The predicted molar refractivity (Wildman–Crippen MR) is 101 cm³/mol. The molecule has 8 nitrogen and oxygen atoms in total. The molecular weight excluding hydrogens is 368 g/mol. The van der Waals surface area contributed by atoms with Crippen LogP contribution >= 0.6 is 0 Å². The molecule has 0 N–H and O–H groups in total. The minimum absolute atomic E-state index is 0.109. The molecule has 2 fully saturated rings. The highest BCUT2D eigenvalue weighted by atomic mass is 32.2. The van der Waals surface area contributed by atoms with E-state index in [4.69, 9.17) is 4.74 Å². The van der Waals surface area contributed by atoms with Gasteiger partial charge in [-0.3, -0.25) is 4.79 Å². The monoisotopic (exact) mass is 396 g/mol. The second-order valence-corrected chi connectivity index (χ2v) is 9.52. The molecule has 0 spiro atoms. The molecule has 2 saturated heterocycles. The highest BCUT2D eigenvalue weighted by molar-refractivity contribution is 7.88. The van der Waals surface area contributed by atoms with Gasteiger partial charge in [0.25, 0.3) is 0 Å². The molecule has 0 radical (unpaired) electrons. The zero-order valence-electron chi connectivity index (χ0n) is 16.2. The third-order valence-corrected chi connectivity index (χ3v) is 6.50. The van der Waals surface area contributed by atoms with Gasteiger partial charge in [-0.2, -0.15) is 0 Å². The molecule has 0 aromatic carbocycles. The van der Waals surface area contributed by atoms with Crippen molar-refractivity contribution >= 4 is 15.9 Å². The molecule has 3 rings (SSSR count). The summed E-state index contributed by atoms with van der Waals surface area (Å²) >= 11 is 0. The molecule has 9 heteroatoms. The molecule has 2 aliphatic heterocycles. The summed E-state index contributed by atoms with van der Waals surface area (Å²) in [6, 6.07) is 2.26. The number of aromatic nitrogens is 2. The highest BCUT2D eigenvalue weighted by Gasteiger charge is 2.34. The topological polar surface area (TPSA) is 92.7 Å². The third kappa shape index (κ3) is 5.16. The van der Waals surface area contributed by atoms with Crippen LogP contribution in [0.4, 0.5) is 0 Å². The van der Waals surface area contributed by atoms with E-state index >= 15 is 0 Å². The van der Waals surface area contributed by atoms with E-state index in [0.717, 1.165) is 30.8 Å². The average Bonchev–Trinajstić information content (AvgIpc) is 2.60. The van der Waals surface area contributed by atoms with E-state index in [0.29, 0.717) is 38.5 Å². The first-order valence-corrected chi connectivity index (χ1v) is 11.3. The quantitative estimate of drug-likeness (QED) is 0.758. The number of sulfonamides is 1. The minimum Gasteiger partial charge on any atom is -0.458 e. The van der Waals surface area contributed by atoms with E-state index in [-0.39, 0.29) is 17.9 Å². The Labute approximate surface area is 161 Å². The lowest BCUT2D eigenvalue weighted by molar-refractivity contribution is -0.139. The fraction of sp³-hybridized carbons (Fsp3) is 0.722. The fourth-order valence-electron chi connectivity index (χ4n) is 3.82. The number of likely N-dealkylation sites (tertiary alicyclic amines) is 1. The molecule has 2 aliphatic rings. The molecule has 0 aliphatic carbocycles. The van der Waals surface area contributed by atoms with E-state index in [2.05, 4.69) is 9.97 Å². The van der Waals surface area contributed by atoms with E-state index in [1.165, 1.54) is 10.6 Å². The summed E-state index contributed by atoms with van der Waals surface area (Å²) < 4.78 is 30.7. The number of rotatable bonds is 4. The first-order chi connectivity index (χ1) is 12.7. The summed E-state index contributed by atoms with van der Waals surface area (Å²) in [5, 5.41) is 0. The molecular formula is C18H28N4O4S. The van der Waals surface area contributed by atoms with Gasteiger partial charge >= 0.3 is 6.01 Å². The minimum atomic E-state index is -3.18. The van der Waals surface area contributed by atoms with E-state index in [1.54, 1.807) is 0 Å². The van der Waals surface area contributed by atoms with Crippen LogP contribution in [-0.2, 0) is 14.8 Å². The Morgan fingerprint density at radius 1 is 1.11 bits per heavy atom. The molecule has 0 bridgehead atoms. The summed E-state index contributed by atoms with van der Waals surface area (Å²) in [7, 11) is -3.18. The van der Waals surface area contributed by atoms with Crippen molar-refractivity contribution in [1.29, 1.82) is 0 Å². The number of amides is 1. The van der Waals surface area contributed by atoms with E-state index in [9.17, 15) is 13.2 Å². The molecule has 1 aromatic rings. The van der Waals surface area contributed by atoms with Crippen molar-refractivity contribution in [2.45, 2.75) is 45.6 Å². The van der Waals surface area contributed by atoms with Crippen molar-refractivity contribution in [2.75, 3.05) is 32.4 Å². The third-order valence-electron chi connectivity index (χ3n) is 5.20. The van der Waals surface area contributed by atoms with Gasteiger partial charge in [-0.05, 0) is 45.6 Å². The van der Waals surface area contributed by atoms with Crippen LogP contribution in [0, 0.1) is 19.8 Å². The normalized spacial score (nSPS) is 22.6. The maximum absolute atomic E-state index is 12.9. The molecule has 1 aromatic heterocycles. The lowest BCUT2D eigenvalue weighted by Crippen LogP contribution is -2.49. The summed E-state index contributed by atoms with van der Waals surface area (Å²) in [4.78, 5) is 23.4. The second kappa shape index (κ2) is 8.10. The fourth-order valence-corrected chi connectivity index (χ4v) is 4.70. The smallest absolute Gasteiger partial charge is 0.317 e.